The van der Waals surface area contributed by atoms with Gasteiger partial charge >= 0.3 is 6.36 Å². The number of hydrogen-bond donors (Lipinski definition) is 2. The molecule has 0 saturated heterocycles. The summed E-state index contributed by atoms with van der Waals surface area (Å²) in [6.45, 7) is 3.51. The molecule has 0 radical (unpaired) electrons. The van der Waals surface area contributed by atoms with Gasteiger partial charge in [0.2, 0.25) is 0 Å². The van der Waals surface area contributed by atoms with Gasteiger partial charge in [-0.2, -0.15) is 0 Å². The topological polar surface area (TPSA) is 64.7 Å². The number of benzene rings is 1. The van der Waals surface area contributed by atoms with E-state index in [1.165, 1.54) is 13.2 Å². The number of rotatable bonds is 5. The highest BCUT2D eigenvalue weighted by molar-refractivity contribution is 5.85. The lowest BCUT2D eigenvalue weighted by Crippen LogP contribution is -2.31. The first-order valence-electron chi connectivity index (χ1n) is 6.03. The van der Waals surface area contributed by atoms with Gasteiger partial charge in [0.25, 0.3) is 0 Å². The van der Waals surface area contributed by atoms with Crippen LogP contribution >= 0.6 is 12.4 Å². The van der Waals surface area contributed by atoms with Crippen LogP contribution in [0.25, 0.3) is 0 Å². The molecule has 0 saturated carbocycles. The van der Waals surface area contributed by atoms with Crippen LogP contribution in [0.2, 0.25) is 0 Å². The van der Waals surface area contributed by atoms with E-state index in [4.69, 9.17) is 10.5 Å². The minimum Gasteiger partial charge on any atom is -0.496 e. The zero-order chi connectivity index (χ0) is 15.5. The van der Waals surface area contributed by atoms with Crippen LogP contribution < -0.4 is 15.2 Å². The van der Waals surface area contributed by atoms with Gasteiger partial charge in [-0.3, -0.25) is 0 Å². The molecule has 0 aliphatic rings. The van der Waals surface area contributed by atoms with Crippen molar-refractivity contribution < 1.29 is 27.8 Å². The van der Waals surface area contributed by atoms with Crippen LogP contribution in [-0.2, 0) is 0 Å². The van der Waals surface area contributed by atoms with Crippen molar-refractivity contribution in [2.24, 2.45) is 11.7 Å². The molecule has 21 heavy (non-hydrogen) atoms. The molecule has 122 valence electrons. The molecule has 0 bridgehead atoms. The van der Waals surface area contributed by atoms with E-state index in [1.54, 1.807) is 13.8 Å². The minimum atomic E-state index is -4.79. The van der Waals surface area contributed by atoms with Crippen molar-refractivity contribution in [3.05, 3.63) is 23.8 Å². The predicted molar refractivity (Wildman–Crippen MR) is 74.7 cm³/mol. The summed E-state index contributed by atoms with van der Waals surface area (Å²) in [6, 6.07) is 2.71. The number of nitrogens with two attached hydrogens (primary N) is 1. The third-order valence-electron chi connectivity index (χ3n) is 2.84. The molecule has 0 unspecified atom stereocenters. The summed E-state index contributed by atoms with van der Waals surface area (Å²) < 4.78 is 45.5. The molecule has 1 aromatic rings. The fourth-order valence-electron chi connectivity index (χ4n) is 1.77. The number of halogens is 4. The molecule has 3 N–H and O–H groups in total. The monoisotopic (exact) mass is 329 g/mol. The third-order valence-corrected chi connectivity index (χ3v) is 2.84. The first-order valence-corrected chi connectivity index (χ1v) is 6.03. The van der Waals surface area contributed by atoms with E-state index in [1.807, 2.05) is 0 Å². The fourth-order valence-corrected chi connectivity index (χ4v) is 1.77. The quantitative estimate of drug-likeness (QED) is 0.871. The van der Waals surface area contributed by atoms with Crippen LogP contribution in [0.1, 0.15) is 25.5 Å². The van der Waals surface area contributed by atoms with Gasteiger partial charge in [-0.1, -0.05) is 13.8 Å². The average Bonchev–Trinajstić information content (AvgIpc) is 2.34. The standard InChI is InChI=1S/C13H18F3NO3.ClH/c1-7(2)12(18)11(17)9-6-8(20-13(14,15)16)4-5-10(9)19-3;/h4-7,11-12,18H,17H2,1-3H3;1H/t11-,12+;/m0./s1. The number of alkyl halides is 3. The zero-order valence-electron chi connectivity index (χ0n) is 11.8. The maximum absolute atomic E-state index is 12.2. The molecule has 4 nitrogen and oxygen atoms in total. The van der Waals surface area contributed by atoms with Crippen molar-refractivity contribution in [2.45, 2.75) is 32.4 Å². The Hall–Kier alpha value is -1.18. The highest BCUT2D eigenvalue weighted by atomic mass is 35.5. The van der Waals surface area contributed by atoms with Gasteiger partial charge in [0, 0.05) is 5.56 Å². The van der Waals surface area contributed by atoms with E-state index in [-0.39, 0.29) is 23.9 Å². The summed E-state index contributed by atoms with van der Waals surface area (Å²) in [7, 11) is 1.37. The second-order valence-electron chi connectivity index (χ2n) is 4.71. The van der Waals surface area contributed by atoms with Crippen LogP contribution in [0.5, 0.6) is 11.5 Å². The number of hydrogen-bond acceptors (Lipinski definition) is 4. The number of methoxy groups -OCH3 is 1. The Bertz CT molecular complexity index is 455. The van der Waals surface area contributed by atoms with E-state index in [0.717, 1.165) is 12.1 Å². The van der Waals surface area contributed by atoms with Crippen LogP contribution in [0, 0.1) is 5.92 Å². The van der Waals surface area contributed by atoms with E-state index in [9.17, 15) is 18.3 Å². The van der Waals surface area contributed by atoms with Crippen LogP contribution in [0.15, 0.2) is 18.2 Å². The lowest BCUT2D eigenvalue weighted by Gasteiger charge is -2.24. The third kappa shape index (κ3) is 5.61. The molecule has 0 aliphatic heterocycles. The van der Waals surface area contributed by atoms with Crippen molar-refractivity contribution in [3.8, 4) is 11.5 Å². The highest BCUT2D eigenvalue weighted by Crippen LogP contribution is 2.33. The number of ether oxygens (including phenoxy) is 2. The van der Waals surface area contributed by atoms with Crippen LogP contribution in [-0.4, -0.2) is 24.7 Å². The van der Waals surface area contributed by atoms with Crippen molar-refractivity contribution in [2.75, 3.05) is 7.11 Å². The minimum absolute atomic E-state index is 0. The first kappa shape index (κ1) is 19.8. The van der Waals surface area contributed by atoms with Crippen molar-refractivity contribution >= 4 is 12.4 Å². The number of aliphatic hydroxyl groups excluding tert-OH is 1. The average molecular weight is 330 g/mol. The summed E-state index contributed by atoms with van der Waals surface area (Å²) in [5.74, 6) is -0.256. The lowest BCUT2D eigenvalue weighted by atomic mass is 9.93. The maximum atomic E-state index is 12.2. The number of aliphatic hydroxyl groups is 1. The lowest BCUT2D eigenvalue weighted by molar-refractivity contribution is -0.274. The smallest absolute Gasteiger partial charge is 0.496 e. The molecule has 1 aromatic carbocycles. The van der Waals surface area contributed by atoms with Gasteiger partial charge in [0.05, 0.1) is 19.3 Å². The largest absolute Gasteiger partial charge is 0.573 e. The Kier molecular flexibility index (Phi) is 7.29. The summed E-state index contributed by atoms with van der Waals surface area (Å²) >= 11 is 0. The first-order chi connectivity index (χ1) is 9.15. The van der Waals surface area contributed by atoms with E-state index >= 15 is 0 Å². The van der Waals surface area contributed by atoms with Gasteiger partial charge in [-0.05, 0) is 24.1 Å². The molecule has 1 rings (SSSR count). The molecular weight excluding hydrogens is 311 g/mol. The Morgan fingerprint density at radius 2 is 1.81 bits per heavy atom. The van der Waals surface area contributed by atoms with Gasteiger partial charge in [0.15, 0.2) is 0 Å². The van der Waals surface area contributed by atoms with E-state index in [2.05, 4.69) is 4.74 Å². The van der Waals surface area contributed by atoms with Crippen LogP contribution in [0.4, 0.5) is 13.2 Å². The Morgan fingerprint density at radius 3 is 2.24 bits per heavy atom. The molecule has 0 heterocycles. The molecular formula is C13H19ClF3NO3. The second kappa shape index (κ2) is 7.72. The molecule has 0 fully saturated rings. The molecule has 0 amide bonds. The van der Waals surface area contributed by atoms with Crippen molar-refractivity contribution in [1.82, 2.24) is 0 Å². The summed E-state index contributed by atoms with van der Waals surface area (Å²) in [6.07, 6.45) is -5.70. The zero-order valence-corrected chi connectivity index (χ0v) is 12.7. The van der Waals surface area contributed by atoms with E-state index < -0.39 is 24.3 Å². The van der Waals surface area contributed by atoms with Crippen LogP contribution in [0.3, 0.4) is 0 Å². The van der Waals surface area contributed by atoms with Crippen molar-refractivity contribution in [3.63, 3.8) is 0 Å². The normalized spacial score (nSPS) is 14.3. The van der Waals surface area contributed by atoms with Gasteiger partial charge < -0.3 is 20.3 Å². The molecule has 2 atom stereocenters. The highest BCUT2D eigenvalue weighted by Gasteiger charge is 2.32. The Balaban J connectivity index is 0.00000400. The van der Waals surface area contributed by atoms with Gasteiger partial charge in [0.1, 0.15) is 11.5 Å². The summed E-state index contributed by atoms with van der Waals surface area (Å²) in [5.41, 5.74) is 6.14. The van der Waals surface area contributed by atoms with Gasteiger partial charge in [-0.25, -0.2) is 0 Å². The molecule has 0 aliphatic carbocycles. The summed E-state index contributed by atoms with van der Waals surface area (Å²) in [5, 5.41) is 9.95. The Morgan fingerprint density at radius 1 is 1.24 bits per heavy atom. The van der Waals surface area contributed by atoms with Crippen molar-refractivity contribution in [1.29, 1.82) is 0 Å². The predicted octanol–water partition coefficient (Wildman–Crippen LogP) is 3.03. The maximum Gasteiger partial charge on any atom is 0.573 e. The van der Waals surface area contributed by atoms with Gasteiger partial charge in [-0.15, -0.1) is 25.6 Å². The fraction of sp³-hybridized carbons (Fsp3) is 0.538. The molecule has 8 heteroatoms. The van der Waals surface area contributed by atoms with E-state index in [0.29, 0.717) is 5.75 Å². The Labute approximate surface area is 127 Å². The summed E-state index contributed by atoms with van der Waals surface area (Å²) in [4.78, 5) is 0. The molecule has 0 aromatic heterocycles. The second-order valence-corrected chi connectivity index (χ2v) is 4.71. The molecule has 0 spiro atoms. The SMILES string of the molecule is COc1ccc(OC(F)(F)F)cc1[C@H](N)[C@H](O)C(C)C.Cl.